The smallest absolute Gasteiger partial charge is 0.119 e. The molecule has 1 N–H and O–H groups in total. The van der Waals surface area contributed by atoms with Gasteiger partial charge in [-0.1, -0.05) is 6.92 Å². The largest absolute Gasteiger partial charge is 0.497 e. The van der Waals surface area contributed by atoms with Crippen molar-refractivity contribution in [1.29, 1.82) is 0 Å². The van der Waals surface area contributed by atoms with Gasteiger partial charge in [0.2, 0.25) is 0 Å². The van der Waals surface area contributed by atoms with E-state index in [0.717, 1.165) is 37.0 Å². The van der Waals surface area contributed by atoms with Crippen LogP contribution in [0, 0.1) is 6.92 Å². The number of nitrogens with zero attached hydrogens (tertiary/aromatic N) is 2. The molecule has 0 spiro atoms. The number of hydrogen-bond acceptors (Lipinski definition) is 4. The molecule has 0 radical (unpaired) electrons. The van der Waals surface area contributed by atoms with Crippen molar-refractivity contribution in [1.82, 2.24) is 14.9 Å². The van der Waals surface area contributed by atoms with E-state index in [1.807, 2.05) is 37.4 Å². The van der Waals surface area contributed by atoms with Crippen molar-refractivity contribution in [3.05, 3.63) is 42.0 Å². The molecule has 2 aromatic rings. The van der Waals surface area contributed by atoms with Crippen LogP contribution in [-0.4, -0.2) is 29.8 Å². The summed E-state index contributed by atoms with van der Waals surface area (Å²) in [6, 6.07) is 7.63. The van der Waals surface area contributed by atoms with E-state index in [4.69, 9.17) is 9.47 Å². The molecule has 2 rings (SSSR count). The molecule has 0 amide bonds. The second-order valence-electron chi connectivity index (χ2n) is 4.75. The van der Waals surface area contributed by atoms with E-state index in [1.165, 1.54) is 5.69 Å². The molecule has 21 heavy (non-hydrogen) atoms. The summed E-state index contributed by atoms with van der Waals surface area (Å²) >= 11 is 0. The maximum absolute atomic E-state index is 5.77. The van der Waals surface area contributed by atoms with E-state index in [9.17, 15) is 0 Å². The molecule has 5 nitrogen and oxygen atoms in total. The molecule has 0 saturated carbocycles. The Morgan fingerprint density at radius 3 is 2.57 bits per heavy atom. The van der Waals surface area contributed by atoms with Crippen molar-refractivity contribution in [2.45, 2.75) is 26.9 Å². The van der Waals surface area contributed by atoms with Crippen molar-refractivity contribution < 1.29 is 9.47 Å². The number of nitrogens with one attached hydrogen (secondary N) is 1. The number of aromatic nitrogens is 2. The van der Waals surface area contributed by atoms with Gasteiger partial charge in [-0.2, -0.15) is 0 Å². The Balaban J connectivity index is 1.88. The van der Waals surface area contributed by atoms with Gasteiger partial charge in [0.15, 0.2) is 0 Å². The summed E-state index contributed by atoms with van der Waals surface area (Å²) < 4.78 is 13.1. The van der Waals surface area contributed by atoms with Crippen LogP contribution in [0.4, 0.5) is 0 Å². The van der Waals surface area contributed by atoms with E-state index in [2.05, 4.69) is 21.8 Å². The minimum Gasteiger partial charge on any atom is -0.497 e. The first kappa shape index (κ1) is 15.4. The Morgan fingerprint density at radius 1 is 1.19 bits per heavy atom. The summed E-state index contributed by atoms with van der Waals surface area (Å²) in [5.74, 6) is 2.70. The Labute approximate surface area is 125 Å². The first-order valence-electron chi connectivity index (χ1n) is 7.23. The molecular weight excluding hydrogens is 266 g/mol. The normalized spacial score (nSPS) is 10.6. The highest BCUT2D eigenvalue weighted by molar-refractivity contribution is 5.31. The van der Waals surface area contributed by atoms with Gasteiger partial charge in [0.05, 0.1) is 19.3 Å². The van der Waals surface area contributed by atoms with E-state index >= 15 is 0 Å². The molecule has 0 saturated heterocycles. The highest BCUT2D eigenvalue weighted by Gasteiger charge is 2.06. The van der Waals surface area contributed by atoms with Crippen molar-refractivity contribution in [2.24, 2.45) is 0 Å². The van der Waals surface area contributed by atoms with Crippen LogP contribution in [0.2, 0.25) is 0 Å². The summed E-state index contributed by atoms with van der Waals surface area (Å²) in [5, 5.41) is 3.32. The fraction of sp³-hybridized carbons (Fsp3) is 0.438. The number of imidazole rings is 1. The molecular formula is C16H23N3O2. The van der Waals surface area contributed by atoms with Crippen LogP contribution >= 0.6 is 0 Å². The lowest BCUT2D eigenvalue weighted by atomic mass is 10.3. The third-order valence-corrected chi connectivity index (χ3v) is 3.34. The van der Waals surface area contributed by atoms with Crippen LogP contribution in [0.1, 0.15) is 18.4 Å². The molecule has 0 unspecified atom stereocenters. The van der Waals surface area contributed by atoms with Gasteiger partial charge in [0.25, 0.3) is 0 Å². The topological polar surface area (TPSA) is 48.3 Å². The average molecular weight is 289 g/mol. The van der Waals surface area contributed by atoms with Gasteiger partial charge in [0.1, 0.15) is 23.9 Å². The Morgan fingerprint density at radius 2 is 1.90 bits per heavy atom. The number of rotatable bonds is 8. The van der Waals surface area contributed by atoms with Crippen molar-refractivity contribution in [3.63, 3.8) is 0 Å². The minimum atomic E-state index is 0.614. The first-order chi connectivity index (χ1) is 10.2. The molecule has 0 aliphatic rings. The zero-order chi connectivity index (χ0) is 15.1. The SMILES string of the molecule is CCNCc1cnc(C)n1CCOc1ccc(OC)cc1. The highest BCUT2D eigenvalue weighted by atomic mass is 16.5. The van der Waals surface area contributed by atoms with Crippen molar-refractivity contribution in [2.75, 3.05) is 20.3 Å². The summed E-state index contributed by atoms with van der Waals surface area (Å²) in [4.78, 5) is 4.37. The van der Waals surface area contributed by atoms with Crippen molar-refractivity contribution >= 4 is 0 Å². The van der Waals surface area contributed by atoms with E-state index < -0.39 is 0 Å². The molecule has 0 aliphatic heterocycles. The molecule has 0 bridgehead atoms. The summed E-state index contributed by atoms with van der Waals surface area (Å²) in [7, 11) is 1.66. The van der Waals surface area contributed by atoms with E-state index in [0.29, 0.717) is 6.61 Å². The molecule has 0 fully saturated rings. The Hall–Kier alpha value is -2.01. The Kier molecular flexibility index (Phi) is 5.63. The van der Waals surface area contributed by atoms with Gasteiger partial charge in [-0.3, -0.25) is 0 Å². The number of ether oxygens (including phenoxy) is 2. The highest BCUT2D eigenvalue weighted by Crippen LogP contribution is 2.17. The van der Waals surface area contributed by atoms with Gasteiger partial charge in [-0.05, 0) is 37.7 Å². The number of benzene rings is 1. The fourth-order valence-electron chi connectivity index (χ4n) is 2.14. The second-order valence-corrected chi connectivity index (χ2v) is 4.75. The van der Waals surface area contributed by atoms with Crippen molar-refractivity contribution in [3.8, 4) is 11.5 Å². The van der Waals surface area contributed by atoms with Gasteiger partial charge < -0.3 is 19.4 Å². The van der Waals surface area contributed by atoms with Crippen LogP contribution < -0.4 is 14.8 Å². The van der Waals surface area contributed by atoms with Gasteiger partial charge >= 0.3 is 0 Å². The van der Waals surface area contributed by atoms with Gasteiger partial charge in [-0.25, -0.2) is 4.98 Å². The number of hydrogen-bond donors (Lipinski definition) is 1. The van der Waals surface area contributed by atoms with Crippen LogP contribution in [-0.2, 0) is 13.1 Å². The first-order valence-corrected chi connectivity index (χ1v) is 7.23. The molecule has 1 aromatic carbocycles. The monoisotopic (exact) mass is 289 g/mol. The lowest BCUT2D eigenvalue weighted by molar-refractivity contribution is 0.294. The predicted molar refractivity (Wildman–Crippen MR) is 82.8 cm³/mol. The molecule has 1 aromatic heterocycles. The third-order valence-electron chi connectivity index (χ3n) is 3.34. The predicted octanol–water partition coefficient (Wildman–Crippen LogP) is 2.39. The van der Waals surface area contributed by atoms with Gasteiger partial charge in [-0.15, -0.1) is 0 Å². The molecule has 0 atom stereocenters. The molecule has 5 heteroatoms. The number of aryl methyl sites for hydroxylation is 1. The standard InChI is InChI=1S/C16H23N3O2/c1-4-17-11-14-12-18-13(2)19(14)9-10-21-16-7-5-15(20-3)6-8-16/h5-8,12,17H,4,9-11H2,1-3H3. The van der Waals surface area contributed by atoms with Crippen LogP contribution in [0.15, 0.2) is 30.5 Å². The van der Waals surface area contributed by atoms with E-state index in [-0.39, 0.29) is 0 Å². The average Bonchev–Trinajstić information content (AvgIpc) is 2.86. The van der Waals surface area contributed by atoms with Crippen LogP contribution in [0.25, 0.3) is 0 Å². The maximum Gasteiger partial charge on any atom is 0.119 e. The van der Waals surface area contributed by atoms with Crippen LogP contribution in [0.5, 0.6) is 11.5 Å². The fourth-order valence-corrected chi connectivity index (χ4v) is 2.14. The Bertz CT molecular complexity index is 549. The molecule has 1 heterocycles. The summed E-state index contributed by atoms with van der Waals surface area (Å²) in [6.07, 6.45) is 1.92. The lowest BCUT2D eigenvalue weighted by Crippen LogP contribution is -2.18. The quantitative estimate of drug-likeness (QED) is 0.810. The van der Waals surface area contributed by atoms with Gasteiger partial charge in [0, 0.05) is 12.7 Å². The molecule has 0 aliphatic carbocycles. The van der Waals surface area contributed by atoms with Crippen LogP contribution in [0.3, 0.4) is 0 Å². The molecule has 114 valence electrons. The third kappa shape index (κ3) is 4.23. The minimum absolute atomic E-state index is 0.614. The van der Waals surface area contributed by atoms with E-state index in [1.54, 1.807) is 7.11 Å². The maximum atomic E-state index is 5.77. The summed E-state index contributed by atoms with van der Waals surface area (Å²) in [5.41, 5.74) is 1.19. The zero-order valence-electron chi connectivity index (χ0n) is 12.9. The lowest BCUT2D eigenvalue weighted by Gasteiger charge is -2.12. The zero-order valence-corrected chi connectivity index (χ0v) is 12.9. The summed E-state index contributed by atoms with van der Waals surface area (Å²) in [6.45, 7) is 7.30. The second kappa shape index (κ2) is 7.69. The number of methoxy groups -OCH3 is 1.